The molecule has 0 spiro atoms. The Hall–Kier alpha value is -2.31. The summed E-state index contributed by atoms with van der Waals surface area (Å²) in [5.41, 5.74) is 15.1. The first-order chi connectivity index (χ1) is 7.76. The summed E-state index contributed by atoms with van der Waals surface area (Å²) in [7, 11) is 1.58. The minimum Gasteiger partial charge on any atom is -0.497 e. The summed E-state index contributed by atoms with van der Waals surface area (Å²) >= 11 is 0. The Bertz CT molecular complexity index is 467. The van der Waals surface area contributed by atoms with Crippen LogP contribution in [0.5, 0.6) is 5.75 Å². The lowest BCUT2D eigenvalue weighted by Gasteiger charge is -2.01. The number of azide groups is 1. The highest BCUT2D eigenvalue weighted by molar-refractivity contribution is 5.52. The molecule has 16 heavy (non-hydrogen) atoms. The van der Waals surface area contributed by atoms with Crippen molar-refractivity contribution in [2.45, 2.75) is 6.42 Å². The van der Waals surface area contributed by atoms with Crippen LogP contribution in [-0.4, -0.2) is 13.7 Å². The number of nitrogens with zero attached hydrogens (tertiary/aromatic N) is 3. The van der Waals surface area contributed by atoms with Crippen molar-refractivity contribution in [2.24, 2.45) is 5.11 Å². The Morgan fingerprint density at radius 2 is 2.31 bits per heavy atom. The van der Waals surface area contributed by atoms with Gasteiger partial charge in [-0.3, -0.25) is 0 Å². The monoisotopic (exact) mass is 216 g/mol. The van der Waals surface area contributed by atoms with Gasteiger partial charge in [-0.2, -0.15) is 0 Å². The van der Waals surface area contributed by atoms with Gasteiger partial charge in [-0.05, 0) is 17.7 Å². The molecule has 0 fully saturated rings. The van der Waals surface area contributed by atoms with Gasteiger partial charge in [0.1, 0.15) is 5.75 Å². The summed E-state index contributed by atoms with van der Waals surface area (Å²) in [6.45, 7) is 0.378. The number of anilines is 1. The first-order valence-electron chi connectivity index (χ1n) is 4.70. The van der Waals surface area contributed by atoms with Gasteiger partial charge < -0.3 is 10.5 Å². The van der Waals surface area contributed by atoms with Crippen LogP contribution in [-0.2, 0) is 0 Å². The van der Waals surface area contributed by atoms with Crippen LogP contribution in [0.25, 0.3) is 10.4 Å². The van der Waals surface area contributed by atoms with E-state index in [0.717, 1.165) is 5.56 Å². The zero-order chi connectivity index (χ0) is 11.8. The average molecular weight is 216 g/mol. The van der Waals surface area contributed by atoms with E-state index in [9.17, 15) is 0 Å². The van der Waals surface area contributed by atoms with E-state index in [1.165, 1.54) is 0 Å². The number of hydrogen-bond acceptors (Lipinski definition) is 3. The predicted molar refractivity (Wildman–Crippen MR) is 62.9 cm³/mol. The lowest BCUT2D eigenvalue weighted by atomic mass is 10.2. The van der Waals surface area contributed by atoms with Crippen LogP contribution in [0.2, 0.25) is 0 Å². The molecule has 0 saturated heterocycles. The van der Waals surface area contributed by atoms with E-state index >= 15 is 0 Å². The van der Waals surface area contributed by atoms with Crippen LogP contribution < -0.4 is 10.5 Å². The van der Waals surface area contributed by atoms with Gasteiger partial charge in [0.25, 0.3) is 0 Å². The molecule has 0 heterocycles. The van der Waals surface area contributed by atoms with E-state index in [1.807, 2.05) is 0 Å². The SMILES string of the molecule is COc1cc(N)cc(C#CCCN=[N+]=[N-])c1. The second-order valence-electron chi connectivity index (χ2n) is 3.00. The summed E-state index contributed by atoms with van der Waals surface area (Å²) in [6, 6.07) is 5.30. The molecular weight excluding hydrogens is 204 g/mol. The number of methoxy groups -OCH3 is 1. The Morgan fingerprint density at radius 3 is 3.00 bits per heavy atom. The topological polar surface area (TPSA) is 84.0 Å². The summed E-state index contributed by atoms with van der Waals surface area (Å²) in [5, 5.41) is 3.38. The van der Waals surface area contributed by atoms with Gasteiger partial charge in [0, 0.05) is 35.2 Å². The Labute approximate surface area is 93.8 Å². The lowest BCUT2D eigenvalue weighted by molar-refractivity contribution is 0.415. The number of rotatable bonds is 3. The predicted octanol–water partition coefficient (Wildman–Crippen LogP) is 2.33. The average Bonchev–Trinajstić information content (AvgIpc) is 2.28. The fraction of sp³-hybridized carbons (Fsp3) is 0.273. The number of hydrogen-bond donors (Lipinski definition) is 1. The minimum absolute atomic E-state index is 0.378. The van der Waals surface area contributed by atoms with Crippen molar-refractivity contribution in [3.05, 3.63) is 34.2 Å². The first kappa shape index (κ1) is 11.8. The molecule has 0 bridgehead atoms. The van der Waals surface area contributed by atoms with Crippen LogP contribution in [0.3, 0.4) is 0 Å². The van der Waals surface area contributed by atoms with Crippen LogP contribution in [0.15, 0.2) is 23.3 Å². The molecule has 0 aromatic heterocycles. The molecule has 0 amide bonds. The largest absolute Gasteiger partial charge is 0.497 e. The Morgan fingerprint density at radius 1 is 1.50 bits per heavy atom. The standard InChI is InChI=1S/C11H12N4O/c1-16-11-7-9(6-10(12)8-11)4-2-3-5-14-15-13/h6-8H,3,5,12H2,1H3. The van der Waals surface area contributed by atoms with Gasteiger partial charge in [-0.25, -0.2) is 0 Å². The van der Waals surface area contributed by atoms with Crippen LogP contribution in [0.4, 0.5) is 5.69 Å². The molecule has 0 atom stereocenters. The highest BCUT2D eigenvalue weighted by atomic mass is 16.5. The third-order valence-corrected chi connectivity index (χ3v) is 1.80. The second kappa shape index (κ2) is 6.23. The quantitative estimate of drug-likeness (QED) is 0.210. The molecule has 5 nitrogen and oxygen atoms in total. The molecular formula is C11H12N4O. The maximum absolute atomic E-state index is 8.06. The van der Waals surface area contributed by atoms with E-state index in [0.29, 0.717) is 24.4 Å². The number of nitrogens with two attached hydrogens (primary N) is 1. The summed E-state index contributed by atoms with van der Waals surface area (Å²) in [5.74, 6) is 6.49. The van der Waals surface area contributed by atoms with Crippen molar-refractivity contribution in [1.82, 2.24) is 0 Å². The Balaban J connectivity index is 2.72. The second-order valence-corrected chi connectivity index (χ2v) is 3.00. The third-order valence-electron chi connectivity index (χ3n) is 1.80. The summed E-state index contributed by atoms with van der Waals surface area (Å²) in [4.78, 5) is 2.64. The van der Waals surface area contributed by atoms with Crippen molar-refractivity contribution in [3.63, 3.8) is 0 Å². The van der Waals surface area contributed by atoms with Crippen LogP contribution >= 0.6 is 0 Å². The molecule has 0 aliphatic carbocycles. The molecule has 1 aromatic rings. The molecule has 0 aliphatic rings. The van der Waals surface area contributed by atoms with Crippen molar-refractivity contribution >= 4 is 5.69 Å². The van der Waals surface area contributed by atoms with Gasteiger partial charge in [-0.1, -0.05) is 17.0 Å². The van der Waals surface area contributed by atoms with Gasteiger partial charge >= 0.3 is 0 Å². The lowest BCUT2D eigenvalue weighted by Crippen LogP contribution is -1.89. The molecule has 2 N–H and O–H groups in total. The normalized spacial score (nSPS) is 8.56. The molecule has 1 rings (SSSR count). The van der Waals surface area contributed by atoms with Gasteiger partial charge in [-0.15, -0.1) is 0 Å². The van der Waals surface area contributed by atoms with Crippen LogP contribution in [0.1, 0.15) is 12.0 Å². The Kier molecular flexibility index (Phi) is 4.58. The van der Waals surface area contributed by atoms with Crippen molar-refractivity contribution in [1.29, 1.82) is 0 Å². The highest BCUT2D eigenvalue weighted by Gasteiger charge is 1.95. The van der Waals surface area contributed by atoms with Gasteiger partial charge in [0.2, 0.25) is 0 Å². The number of nitrogen functional groups attached to an aromatic ring is 1. The zero-order valence-corrected chi connectivity index (χ0v) is 8.97. The maximum Gasteiger partial charge on any atom is 0.122 e. The highest BCUT2D eigenvalue weighted by Crippen LogP contribution is 2.17. The number of benzene rings is 1. The molecule has 0 unspecified atom stereocenters. The molecule has 0 saturated carbocycles. The van der Waals surface area contributed by atoms with Crippen molar-refractivity contribution in [3.8, 4) is 17.6 Å². The molecule has 82 valence electrons. The third kappa shape index (κ3) is 3.82. The van der Waals surface area contributed by atoms with E-state index in [2.05, 4.69) is 21.9 Å². The smallest absolute Gasteiger partial charge is 0.122 e. The molecule has 1 aromatic carbocycles. The van der Waals surface area contributed by atoms with E-state index in [1.54, 1.807) is 25.3 Å². The van der Waals surface area contributed by atoms with Gasteiger partial charge in [0.15, 0.2) is 0 Å². The number of ether oxygens (including phenoxy) is 1. The van der Waals surface area contributed by atoms with Crippen molar-refractivity contribution < 1.29 is 4.74 Å². The fourth-order valence-corrected chi connectivity index (χ4v) is 1.13. The summed E-state index contributed by atoms with van der Waals surface area (Å²) < 4.78 is 5.07. The van der Waals surface area contributed by atoms with E-state index < -0.39 is 0 Å². The van der Waals surface area contributed by atoms with E-state index in [-0.39, 0.29) is 0 Å². The van der Waals surface area contributed by atoms with Gasteiger partial charge in [0.05, 0.1) is 7.11 Å². The minimum atomic E-state index is 0.378. The molecule has 0 radical (unpaired) electrons. The van der Waals surface area contributed by atoms with E-state index in [4.69, 9.17) is 16.0 Å². The van der Waals surface area contributed by atoms with Crippen molar-refractivity contribution in [2.75, 3.05) is 19.4 Å². The molecule has 5 heteroatoms. The first-order valence-corrected chi connectivity index (χ1v) is 4.70. The fourth-order valence-electron chi connectivity index (χ4n) is 1.13. The zero-order valence-electron chi connectivity index (χ0n) is 8.97. The molecule has 0 aliphatic heterocycles. The van der Waals surface area contributed by atoms with Crippen LogP contribution in [0, 0.1) is 11.8 Å². The summed E-state index contributed by atoms with van der Waals surface area (Å²) in [6.07, 6.45) is 0.529. The maximum atomic E-state index is 8.06.